The van der Waals surface area contributed by atoms with Crippen LogP contribution in [-0.2, 0) is 10.2 Å². The van der Waals surface area contributed by atoms with Gasteiger partial charge in [-0.15, -0.1) is 0 Å². The Bertz CT molecular complexity index is 388. The molecule has 1 N–H and O–H groups in total. The van der Waals surface area contributed by atoms with E-state index < -0.39 is 5.97 Å². The molecule has 2 nitrogen and oxygen atoms in total. The number of hydrogen-bond acceptors (Lipinski definition) is 1. The Morgan fingerprint density at radius 3 is 2.31 bits per heavy atom. The molecule has 0 saturated heterocycles. The first-order valence-corrected chi connectivity index (χ1v) is 5.75. The van der Waals surface area contributed by atoms with Gasteiger partial charge in [-0.3, -0.25) is 4.79 Å². The highest BCUT2D eigenvalue weighted by Gasteiger charge is 2.55. The van der Waals surface area contributed by atoms with Gasteiger partial charge in [0.1, 0.15) is 0 Å². The Labute approximate surface area is 96.3 Å². The molecule has 1 saturated carbocycles. The Hall–Kier alpha value is -1.31. The van der Waals surface area contributed by atoms with Crippen molar-refractivity contribution in [2.45, 2.75) is 38.5 Å². The van der Waals surface area contributed by atoms with Crippen LogP contribution in [-0.4, -0.2) is 11.1 Å². The zero-order chi connectivity index (χ0) is 11.8. The first-order chi connectivity index (χ1) is 7.48. The SMILES string of the molecule is CC(C)(CC(=O)O)C1(c2ccccc2)CC1. The highest BCUT2D eigenvalue weighted by atomic mass is 16.4. The van der Waals surface area contributed by atoms with Gasteiger partial charge in [0.2, 0.25) is 0 Å². The van der Waals surface area contributed by atoms with Gasteiger partial charge >= 0.3 is 5.97 Å². The average Bonchev–Trinajstić information content (AvgIpc) is 2.98. The minimum Gasteiger partial charge on any atom is -0.481 e. The monoisotopic (exact) mass is 218 g/mol. The van der Waals surface area contributed by atoms with Crippen LogP contribution in [0.4, 0.5) is 0 Å². The molecule has 86 valence electrons. The molecule has 0 amide bonds. The topological polar surface area (TPSA) is 37.3 Å². The predicted molar refractivity (Wildman–Crippen MR) is 63.4 cm³/mol. The lowest BCUT2D eigenvalue weighted by molar-refractivity contribution is -0.139. The largest absolute Gasteiger partial charge is 0.481 e. The fourth-order valence-corrected chi connectivity index (χ4v) is 2.79. The van der Waals surface area contributed by atoms with Crippen molar-refractivity contribution < 1.29 is 9.90 Å². The molecule has 0 spiro atoms. The highest BCUT2D eigenvalue weighted by Crippen LogP contribution is 2.61. The van der Waals surface area contributed by atoms with Gasteiger partial charge in [-0.05, 0) is 23.8 Å². The summed E-state index contributed by atoms with van der Waals surface area (Å²) in [6, 6.07) is 10.3. The number of carboxylic acid groups (broad SMARTS) is 1. The summed E-state index contributed by atoms with van der Waals surface area (Å²) in [5.41, 5.74) is 1.22. The summed E-state index contributed by atoms with van der Waals surface area (Å²) in [4.78, 5) is 10.9. The van der Waals surface area contributed by atoms with Crippen LogP contribution in [0.2, 0.25) is 0 Å². The Morgan fingerprint density at radius 1 is 1.31 bits per heavy atom. The predicted octanol–water partition coefficient (Wildman–Crippen LogP) is 3.22. The van der Waals surface area contributed by atoms with Gasteiger partial charge in [-0.2, -0.15) is 0 Å². The second-order valence-corrected chi connectivity index (χ2v) is 5.40. The maximum absolute atomic E-state index is 10.9. The molecule has 0 atom stereocenters. The minimum atomic E-state index is -0.702. The minimum absolute atomic E-state index is 0.0899. The smallest absolute Gasteiger partial charge is 0.303 e. The molecule has 0 radical (unpaired) electrons. The van der Waals surface area contributed by atoms with Gasteiger partial charge in [-0.1, -0.05) is 44.2 Å². The van der Waals surface area contributed by atoms with Crippen molar-refractivity contribution in [2.24, 2.45) is 5.41 Å². The normalized spacial score (nSPS) is 18.1. The van der Waals surface area contributed by atoms with Crippen LogP contribution in [0.3, 0.4) is 0 Å². The second kappa shape index (κ2) is 3.62. The van der Waals surface area contributed by atoms with E-state index in [9.17, 15) is 4.79 Å². The summed E-state index contributed by atoms with van der Waals surface area (Å²) < 4.78 is 0. The van der Waals surface area contributed by atoms with Crippen LogP contribution < -0.4 is 0 Å². The molecule has 1 aromatic rings. The van der Waals surface area contributed by atoms with E-state index in [1.807, 2.05) is 18.2 Å². The molecule has 2 rings (SSSR count). The number of carboxylic acids is 1. The van der Waals surface area contributed by atoms with Crippen molar-refractivity contribution in [1.29, 1.82) is 0 Å². The lowest BCUT2D eigenvalue weighted by Crippen LogP contribution is -2.31. The number of carbonyl (C=O) groups is 1. The molecule has 0 heterocycles. The fourth-order valence-electron chi connectivity index (χ4n) is 2.79. The quantitative estimate of drug-likeness (QED) is 0.842. The summed E-state index contributed by atoms with van der Waals surface area (Å²) in [7, 11) is 0. The summed E-state index contributed by atoms with van der Waals surface area (Å²) in [6.45, 7) is 4.14. The Morgan fingerprint density at radius 2 is 1.88 bits per heavy atom. The zero-order valence-electron chi connectivity index (χ0n) is 9.86. The molecule has 2 heteroatoms. The molecule has 16 heavy (non-hydrogen) atoms. The molecule has 1 fully saturated rings. The standard InChI is InChI=1S/C14H18O2/c1-13(2,10-12(15)16)14(8-9-14)11-6-4-3-5-7-11/h3-7H,8-10H2,1-2H3,(H,15,16). The molecule has 0 aliphatic heterocycles. The Balaban J connectivity index is 2.29. The van der Waals surface area contributed by atoms with E-state index in [4.69, 9.17) is 5.11 Å². The number of aliphatic carboxylic acids is 1. The van der Waals surface area contributed by atoms with Gasteiger partial charge in [0.05, 0.1) is 6.42 Å². The van der Waals surface area contributed by atoms with Crippen molar-refractivity contribution >= 4 is 5.97 Å². The van der Waals surface area contributed by atoms with Gasteiger partial charge in [0, 0.05) is 5.41 Å². The van der Waals surface area contributed by atoms with Crippen molar-refractivity contribution in [3.63, 3.8) is 0 Å². The Kier molecular flexibility index (Phi) is 2.53. The van der Waals surface area contributed by atoms with Crippen LogP contribution in [0, 0.1) is 5.41 Å². The third kappa shape index (κ3) is 1.73. The number of rotatable bonds is 4. The van der Waals surface area contributed by atoms with E-state index in [1.54, 1.807) is 0 Å². The zero-order valence-corrected chi connectivity index (χ0v) is 9.86. The molecule has 0 bridgehead atoms. The maximum Gasteiger partial charge on any atom is 0.303 e. The van der Waals surface area contributed by atoms with Crippen molar-refractivity contribution in [2.75, 3.05) is 0 Å². The molecule has 1 aromatic carbocycles. The van der Waals surface area contributed by atoms with E-state index in [-0.39, 0.29) is 17.3 Å². The van der Waals surface area contributed by atoms with Gasteiger partial charge in [0.15, 0.2) is 0 Å². The second-order valence-electron chi connectivity index (χ2n) is 5.40. The van der Waals surface area contributed by atoms with E-state index in [2.05, 4.69) is 26.0 Å². The van der Waals surface area contributed by atoms with E-state index in [0.29, 0.717) is 0 Å². The number of benzene rings is 1. The maximum atomic E-state index is 10.9. The molecule has 0 unspecified atom stereocenters. The third-order valence-electron chi connectivity index (χ3n) is 3.97. The van der Waals surface area contributed by atoms with Crippen LogP contribution in [0.25, 0.3) is 0 Å². The van der Waals surface area contributed by atoms with E-state index >= 15 is 0 Å². The van der Waals surface area contributed by atoms with Crippen LogP contribution in [0.1, 0.15) is 38.7 Å². The van der Waals surface area contributed by atoms with Crippen molar-refractivity contribution in [1.82, 2.24) is 0 Å². The fraction of sp³-hybridized carbons (Fsp3) is 0.500. The lowest BCUT2D eigenvalue weighted by atomic mass is 9.70. The summed E-state index contributed by atoms with van der Waals surface area (Å²) in [5.74, 6) is -0.702. The molecule has 0 aromatic heterocycles. The summed E-state index contributed by atoms with van der Waals surface area (Å²) >= 11 is 0. The molecular formula is C14H18O2. The number of hydrogen-bond donors (Lipinski definition) is 1. The average molecular weight is 218 g/mol. The van der Waals surface area contributed by atoms with Gasteiger partial charge in [0.25, 0.3) is 0 Å². The molecular weight excluding hydrogens is 200 g/mol. The van der Waals surface area contributed by atoms with Crippen molar-refractivity contribution in [3.8, 4) is 0 Å². The van der Waals surface area contributed by atoms with Gasteiger partial charge in [-0.25, -0.2) is 0 Å². The van der Waals surface area contributed by atoms with Crippen molar-refractivity contribution in [3.05, 3.63) is 35.9 Å². The first kappa shape index (κ1) is 11.2. The summed E-state index contributed by atoms with van der Waals surface area (Å²) in [5, 5.41) is 8.99. The first-order valence-electron chi connectivity index (χ1n) is 5.75. The van der Waals surface area contributed by atoms with E-state index in [1.165, 1.54) is 5.56 Å². The lowest BCUT2D eigenvalue weighted by Gasteiger charge is -2.34. The van der Waals surface area contributed by atoms with Crippen LogP contribution >= 0.6 is 0 Å². The van der Waals surface area contributed by atoms with E-state index in [0.717, 1.165) is 12.8 Å². The summed E-state index contributed by atoms with van der Waals surface area (Å²) in [6.07, 6.45) is 2.45. The third-order valence-corrected chi connectivity index (χ3v) is 3.97. The molecule has 1 aliphatic carbocycles. The van der Waals surface area contributed by atoms with Gasteiger partial charge < -0.3 is 5.11 Å². The van der Waals surface area contributed by atoms with Crippen LogP contribution in [0.5, 0.6) is 0 Å². The van der Waals surface area contributed by atoms with Crippen LogP contribution in [0.15, 0.2) is 30.3 Å². The molecule has 1 aliphatic rings. The highest BCUT2D eigenvalue weighted by molar-refractivity contribution is 5.68.